The van der Waals surface area contributed by atoms with Gasteiger partial charge in [-0.3, -0.25) is 14.2 Å². The minimum Gasteiger partial charge on any atom is -0.756 e. The monoisotopic (exact) mass is 820 g/mol. The van der Waals surface area contributed by atoms with Crippen LogP contribution in [-0.2, 0) is 32.7 Å². The third-order valence-corrected chi connectivity index (χ3v) is 9.48. The molecule has 1 N–H and O–H groups in total. The number of unbranched alkanes of at least 4 members (excludes halogenated alkanes) is 8. The molecule has 326 valence electrons. The number of rotatable bonds is 37. The van der Waals surface area contributed by atoms with Gasteiger partial charge in [-0.25, -0.2) is 0 Å². The van der Waals surface area contributed by atoms with Gasteiger partial charge in [-0.05, 0) is 70.6 Å². The topological polar surface area (TPSA) is 131 Å². The highest BCUT2D eigenvalue weighted by molar-refractivity contribution is 7.45. The van der Waals surface area contributed by atoms with Crippen LogP contribution in [0.2, 0.25) is 0 Å². The molecule has 0 aliphatic rings. The molecule has 0 spiro atoms. The minimum absolute atomic E-state index is 0.0582. The van der Waals surface area contributed by atoms with Crippen LogP contribution in [0.15, 0.2) is 85.1 Å². The van der Waals surface area contributed by atoms with E-state index < -0.39 is 38.6 Å². The first-order valence-corrected chi connectivity index (χ1v) is 22.9. The summed E-state index contributed by atoms with van der Waals surface area (Å²) in [6, 6.07) is 0. The predicted octanol–water partition coefficient (Wildman–Crippen LogP) is 10.4. The summed E-state index contributed by atoms with van der Waals surface area (Å²) in [6.45, 7) is 3.81. The maximum absolute atomic E-state index is 12.7. The number of phosphoric acid groups is 1. The number of nitrogens with zero attached hydrogens (tertiary/aromatic N) is 1. The third kappa shape index (κ3) is 41.1. The fourth-order valence-corrected chi connectivity index (χ4v) is 5.91. The van der Waals surface area contributed by atoms with Crippen molar-refractivity contribution in [3.63, 3.8) is 0 Å². The molecule has 10 nitrogen and oxygen atoms in total. The van der Waals surface area contributed by atoms with Gasteiger partial charge in [0.2, 0.25) is 0 Å². The van der Waals surface area contributed by atoms with Crippen LogP contribution in [0, 0.1) is 0 Å². The van der Waals surface area contributed by atoms with E-state index in [2.05, 4.69) is 74.6 Å². The van der Waals surface area contributed by atoms with Gasteiger partial charge in [-0.15, -0.1) is 0 Å². The molecule has 57 heavy (non-hydrogen) atoms. The summed E-state index contributed by atoms with van der Waals surface area (Å²) < 4.78 is 33.8. The van der Waals surface area contributed by atoms with Gasteiger partial charge in [0.05, 0.1) is 33.9 Å². The molecule has 0 saturated carbocycles. The molecule has 0 heterocycles. The molecule has 0 amide bonds. The lowest BCUT2D eigenvalue weighted by Gasteiger charge is -2.28. The molecular formula is C46H78NO9P. The molecule has 0 aromatic rings. The van der Waals surface area contributed by atoms with E-state index in [0.29, 0.717) is 30.3 Å². The Morgan fingerprint density at radius 2 is 1.18 bits per heavy atom. The van der Waals surface area contributed by atoms with E-state index in [9.17, 15) is 24.2 Å². The van der Waals surface area contributed by atoms with Crippen molar-refractivity contribution in [3.8, 4) is 0 Å². The Bertz CT molecular complexity index is 1260. The van der Waals surface area contributed by atoms with Gasteiger partial charge in [0.25, 0.3) is 7.82 Å². The molecule has 0 bridgehead atoms. The second kappa shape index (κ2) is 37.4. The highest BCUT2D eigenvalue weighted by Crippen LogP contribution is 2.38. The van der Waals surface area contributed by atoms with Crippen molar-refractivity contribution in [3.05, 3.63) is 85.1 Å². The van der Waals surface area contributed by atoms with Crippen molar-refractivity contribution in [2.75, 3.05) is 47.5 Å². The number of hydrogen-bond donors (Lipinski definition) is 1. The number of allylic oxidation sites excluding steroid dienone is 13. The quantitative estimate of drug-likeness (QED) is 0.0162. The number of hydrogen-bond acceptors (Lipinski definition) is 9. The van der Waals surface area contributed by atoms with Crippen molar-refractivity contribution in [1.29, 1.82) is 0 Å². The molecule has 0 saturated heterocycles. The van der Waals surface area contributed by atoms with Crippen LogP contribution in [0.3, 0.4) is 0 Å². The van der Waals surface area contributed by atoms with Gasteiger partial charge in [0.1, 0.15) is 19.8 Å². The highest BCUT2D eigenvalue weighted by atomic mass is 31.2. The number of phosphoric ester groups is 1. The van der Waals surface area contributed by atoms with Crippen LogP contribution in [0.25, 0.3) is 0 Å². The number of aliphatic hydroxyl groups is 1. The van der Waals surface area contributed by atoms with Gasteiger partial charge in [-0.1, -0.05) is 137 Å². The summed E-state index contributed by atoms with van der Waals surface area (Å²) in [5, 5.41) is 10.2. The molecule has 0 aliphatic heterocycles. The summed E-state index contributed by atoms with van der Waals surface area (Å²) in [4.78, 5) is 37.5. The summed E-state index contributed by atoms with van der Waals surface area (Å²) in [5.74, 6) is -0.949. The van der Waals surface area contributed by atoms with E-state index in [4.69, 9.17) is 18.5 Å². The zero-order valence-corrected chi connectivity index (χ0v) is 37.0. The molecule has 0 radical (unpaired) electrons. The Labute approximate surface area is 346 Å². The average Bonchev–Trinajstić information content (AvgIpc) is 3.15. The number of likely N-dealkylation sites (N-methyl/N-ethyl adjacent to an activating group) is 1. The predicted molar refractivity (Wildman–Crippen MR) is 232 cm³/mol. The van der Waals surface area contributed by atoms with Crippen LogP contribution in [-0.4, -0.2) is 81.2 Å². The van der Waals surface area contributed by atoms with Gasteiger partial charge in [0, 0.05) is 12.8 Å². The second-order valence-electron chi connectivity index (χ2n) is 15.1. The average molecular weight is 820 g/mol. The summed E-state index contributed by atoms with van der Waals surface area (Å²) in [5.41, 5.74) is 0. The molecule has 0 fully saturated rings. The lowest BCUT2D eigenvalue weighted by atomic mass is 10.1. The van der Waals surface area contributed by atoms with E-state index in [-0.39, 0.29) is 26.1 Å². The number of esters is 2. The van der Waals surface area contributed by atoms with Crippen molar-refractivity contribution < 1.29 is 47.2 Å². The first-order chi connectivity index (χ1) is 27.4. The van der Waals surface area contributed by atoms with Crippen LogP contribution in [0.1, 0.15) is 136 Å². The lowest BCUT2D eigenvalue weighted by molar-refractivity contribution is -0.870. The van der Waals surface area contributed by atoms with Gasteiger partial charge < -0.3 is 33.0 Å². The molecule has 11 heteroatoms. The fourth-order valence-electron chi connectivity index (χ4n) is 5.18. The zero-order chi connectivity index (χ0) is 42.3. The number of carbonyl (C=O) groups excluding carboxylic acids is 2. The van der Waals surface area contributed by atoms with Crippen LogP contribution < -0.4 is 4.89 Å². The molecule has 0 aliphatic carbocycles. The maximum Gasteiger partial charge on any atom is 0.306 e. The smallest absolute Gasteiger partial charge is 0.306 e. The molecule has 2 unspecified atom stereocenters. The first-order valence-electron chi connectivity index (χ1n) is 21.4. The maximum atomic E-state index is 12.7. The molecule has 0 aromatic carbocycles. The molecule has 0 aromatic heterocycles. The van der Waals surface area contributed by atoms with E-state index in [1.54, 1.807) is 6.08 Å². The van der Waals surface area contributed by atoms with E-state index in [1.165, 1.54) is 0 Å². The molecule has 0 rings (SSSR count). The van der Waals surface area contributed by atoms with E-state index in [0.717, 1.165) is 89.9 Å². The van der Waals surface area contributed by atoms with Crippen molar-refractivity contribution >= 4 is 19.8 Å². The Hall–Kier alpha value is -2.85. The van der Waals surface area contributed by atoms with Gasteiger partial charge in [0.15, 0.2) is 6.10 Å². The van der Waals surface area contributed by atoms with Crippen molar-refractivity contribution in [1.82, 2.24) is 0 Å². The Morgan fingerprint density at radius 1 is 0.649 bits per heavy atom. The number of ether oxygens (including phenoxy) is 2. The number of aliphatic hydroxyl groups excluding tert-OH is 1. The van der Waals surface area contributed by atoms with Gasteiger partial charge >= 0.3 is 11.9 Å². The molecular weight excluding hydrogens is 741 g/mol. The minimum atomic E-state index is -4.66. The highest BCUT2D eigenvalue weighted by Gasteiger charge is 2.21. The largest absolute Gasteiger partial charge is 0.756 e. The Morgan fingerprint density at radius 3 is 1.79 bits per heavy atom. The van der Waals surface area contributed by atoms with Crippen LogP contribution in [0.4, 0.5) is 0 Å². The van der Waals surface area contributed by atoms with E-state index in [1.807, 2.05) is 39.4 Å². The summed E-state index contributed by atoms with van der Waals surface area (Å²) >= 11 is 0. The van der Waals surface area contributed by atoms with Crippen molar-refractivity contribution in [2.24, 2.45) is 0 Å². The first kappa shape index (κ1) is 54.2. The number of carbonyl (C=O) groups is 2. The SMILES string of the molecule is CC/C=C\C/C=C\C/C=C\C/C=C\CCCCCCC(=O)OC[C@H](COP(=O)([O-])OCC[N+](C)(C)C)OC(=O)CCCCCCCC(O)/C=C/C=C/C/C=C/CC. The Balaban J connectivity index is 4.52. The van der Waals surface area contributed by atoms with Gasteiger partial charge in [-0.2, -0.15) is 0 Å². The Kier molecular flexibility index (Phi) is 35.6. The number of quaternary nitrogens is 1. The third-order valence-electron chi connectivity index (χ3n) is 8.51. The van der Waals surface area contributed by atoms with Crippen LogP contribution >= 0.6 is 7.82 Å². The summed E-state index contributed by atoms with van der Waals surface area (Å²) in [6.07, 6.45) is 43.4. The fraction of sp³-hybridized carbons (Fsp3) is 0.652. The lowest BCUT2D eigenvalue weighted by Crippen LogP contribution is -2.37. The normalized spacial score (nSPS) is 15.0. The summed E-state index contributed by atoms with van der Waals surface area (Å²) in [7, 11) is 1.07. The van der Waals surface area contributed by atoms with E-state index >= 15 is 0 Å². The standard InChI is InChI=1S/C46H78NO9P/c1-6-8-10-12-14-15-16-17-18-19-20-21-22-23-25-29-33-37-45(49)53-41-44(42-55-57(51,52)54-40-39-47(3,4)5)56-46(50)38-34-30-26-28-32-36-43(48)35-31-27-24-13-11-9-7-2/h8-11,14-15,17-18,20-21,24,27,31,35,43-44,48H,6-7,12-13,16,19,22-23,25-26,28-30,32-34,36-42H2,1-5H3/b10-8-,11-9+,15-14-,18-17-,21-20-,27-24+,35-31+/t43?,44-/m1/s1. The zero-order valence-electron chi connectivity index (χ0n) is 36.1. The van der Waals surface area contributed by atoms with Crippen LogP contribution in [0.5, 0.6) is 0 Å². The second-order valence-corrected chi connectivity index (χ2v) is 16.6. The van der Waals surface area contributed by atoms with Crippen molar-refractivity contribution in [2.45, 2.75) is 148 Å². The molecule has 3 atom stereocenters.